The van der Waals surface area contributed by atoms with Crippen molar-refractivity contribution in [3.05, 3.63) is 71.5 Å². The first-order chi connectivity index (χ1) is 10.7. The monoisotopic (exact) mass is 297 g/mol. The Morgan fingerprint density at radius 1 is 1.05 bits per heavy atom. The average Bonchev–Trinajstić information content (AvgIpc) is 3.35. The van der Waals surface area contributed by atoms with Crippen LogP contribution in [0.25, 0.3) is 0 Å². The summed E-state index contributed by atoms with van der Waals surface area (Å²) in [6.45, 7) is 0.677. The second kappa shape index (κ2) is 6.30. The van der Waals surface area contributed by atoms with E-state index >= 15 is 0 Å². The van der Waals surface area contributed by atoms with Crippen LogP contribution < -0.4 is 5.32 Å². The molecule has 1 fully saturated rings. The molecule has 0 aromatic heterocycles. The molecule has 0 heterocycles. The van der Waals surface area contributed by atoms with E-state index in [1.807, 2.05) is 18.2 Å². The number of halogens is 1. The van der Waals surface area contributed by atoms with E-state index in [1.54, 1.807) is 12.1 Å². The van der Waals surface area contributed by atoms with E-state index in [2.05, 4.69) is 17.4 Å². The predicted octanol–water partition coefficient (Wildman–Crippen LogP) is 3.61. The Bertz CT molecular complexity index is 632. The van der Waals surface area contributed by atoms with Crippen LogP contribution in [-0.2, 0) is 16.6 Å². The van der Waals surface area contributed by atoms with E-state index in [0.717, 1.165) is 31.2 Å². The minimum Gasteiger partial charge on any atom is -0.355 e. The molecule has 114 valence electrons. The minimum absolute atomic E-state index is 0.0761. The van der Waals surface area contributed by atoms with Gasteiger partial charge in [0, 0.05) is 6.54 Å². The van der Waals surface area contributed by atoms with Crippen LogP contribution in [0.4, 0.5) is 4.39 Å². The largest absolute Gasteiger partial charge is 0.355 e. The van der Waals surface area contributed by atoms with Crippen LogP contribution in [0, 0.1) is 5.82 Å². The number of carbonyl (C=O) groups is 1. The summed E-state index contributed by atoms with van der Waals surface area (Å²) in [5.74, 6) is -0.185. The highest BCUT2D eigenvalue weighted by Crippen LogP contribution is 2.48. The highest BCUT2D eigenvalue weighted by atomic mass is 19.1. The highest BCUT2D eigenvalue weighted by molar-refractivity contribution is 5.91. The fraction of sp³-hybridized carbons (Fsp3) is 0.316. The third-order valence-electron chi connectivity index (χ3n) is 4.35. The van der Waals surface area contributed by atoms with Crippen molar-refractivity contribution in [2.45, 2.75) is 31.1 Å². The van der Waals surface area contributed by atoms with E-state index in [9.17, 15) is 9.18 Å². The molecule has 2 nitrogen and oxygen atoms in total. The second-order valence-corrected chi connectivity index (χ2v) is 5.93. The van der Waals surface area contributed by atoms with Crippen molar-refractivity contribution in [3.63, 3.8) is 0 Å². The van der Waals surface area contributed by atoms with Gasteiger partial charge in [0.15, 0.2) is 0 Å². The van der Waals surface area contributed by atoms with Crippen LogP contribution in [-0.4, -0.2) is 12.5 Å². The summed E-state index contributed by atoms with van der Waals surface area (Å²) in [7, 11) is 0. The molecule has 0 spiro atoms. The van der Waals surface area contributed by atoms with Gasteiger partial charge in [0.2, 0.25) is 5.91 Å². The van der Waals surface area contributed by atoms with Gasteiger partial charge in [-0.1, -0.05) is 42.5 Å². The van der Waals surface area contributed by atoms with E-state index in [-0.39, 0.29) is 11.7 Å². The maximum Gasteiger partial charge on any atom is 0.230 e. The Balaban J connectivity index is 1.51. The minimum atomic E-state index is -0.416. The van der Waals surface area contributed by atoms with E-state index in [0.29, 0.717) is 6.54 Å². The van der Waals surface area contributed by atoms with Crippen LogP contribution in [0.5, 0.6) is 0 Å². The molecular weight excluding hydrogens is 277 g/mol. The molecule has 3 heteroatoms. The lowest BCUT2D eigenvalue weighted by molar-refractivity contribution is -0.123. The average molecular weight is 297 g/mol. The summed E-state index contributed by atoms with van der Waals surface area (Å²) < 4.78 is 13.0. The maximum absolute atomic E-state index is 13.0. The zero-order chi connectivity index (χ0) is 15.4. The zero-order valence-corrected chi connectivity index (χ0v) is 12.5. The smallest absolute Gasteiger partial charge is 0.230 e. The summed E-state index contributed by atoms with van der Waals surface area (Å²) in [6, 6.07) is 16.6. The first-order valence-corrected chi connectivity index (χ1v) is 7.79. The second-order valence-electron chi connectivity index (χ2n) is 5.93. The fourth-order valence-corrected chi connectivity index (χ4v) is 2.85. The van der Waals surface area contributed by atoms with Gasteiger partial charge in [-0.3, -0.25) is 4.79 Å². The molecule has 0 radical (unpaired) electrons. The van der Waals surface area contributed by atoms with Crippen LogP contribution in [0.3, 0.4) is 0 Å². The number of hydrogen-bond acceptors (Lipinski definition) is 1. The zero-order valence-electron chi connectivity index (χ0n) is 12.5. The maximum atomic E-state index is 13.0. The normalized spacial score (nSPS) is 15.3. The predicted molar refractivity (Wildman–Crippen MR) is 85.1 cm³/mol. The van der Waals surface area contributed by atoms with Gasteiger partial charge in [0.05, 0.1) is 5.41 Å². The van der Waals surface area contributed by atoms with Gasteiger partial charge < -0.3 is 5.32 Å². The number of benzene rings is 2. The van der Waals surface area contributed by atoms with Crippen molar-refractivity contribution in [2.75, 3.05) is 6.54 Å². The lowest BCUT2D eigenvalue weighted by Crippen LogP contribution is -2.35. The SMILES string of the molecule is O=C(NCCCc1ccccc1)C1(c2ccc(F)cc2)CC1. The summed E-state index contributed by atoms with van der Waals surface area (Å²) in [5.41, 5.74) is 1.80. The van der Waals surface area contributed by atoms with Gasteiger partial charge in [-0.25, -0.2) is 4.39 Å². The van der Waals surface area contributed by atoms with Gasteiger partial charge in [0.25, 0.3) is 0 Å². The number of amides is 1. The summed E-state index contributed by atoms with van der Waals surface area (Å²) in [6.07, 6.45) is 3.59. The van der Waals surface area contributed by atoms with Gasteiger partial charge in [-0.15, -0.1) is 0 Å². The first-order valence-electron chi connectivity index (χ1n) is 7.79. The van der Waals surface area contributed by atoms with Crippen molar-refractivity contribution >= 4 is 5.91 Å². The quantitative estimate of drug-likeness (QED) is 0.811. The number of nitrogens with one attached hydrogen (secondary N) is 1. The lowest BCUT2D eigenvalue weighted by atomic mass is 9.95. The molecule has 1 amide bonds. The topological polar surface area (TPSA) is 29.1 Å². The van der Waals surface area contributed by atoms with Crippen molar-refractivity contribution < 1.29 is 9.18 Å². The molecule has 1 saturated carbocycles. The molecule has 1 aliphatic rings. The molecule has 0 aliphatic heterocycles. The number of aryl methyl sites for hydroxylation is 1. The van der Waals surface area contributed by atoms with Crippen molar-refractivity contribution in [1.29, 1.82) is 0 Å². The third-order valence-corrected chi connectivity index (χ3v) is 4.35. The fourth-order valence-electron chi connectivity index (χ4n) is 2.85. The number of rotatable bonds is 6. The first kappa shape index (κ1) is 14.8. The van der Waals surface area contributed by atoms with Crippen LogP contribution >= 0.6 is 0 Å². The van der Waals surface area contributed by atoms with Gasteiger partial charge in [-0.2, -0.15) is 0 Å². The summed E-state index contributed by atoms with van der Waals surface area (Å²) in [5, 5.41) is 3.04. The van der Waals surface area contributed by atoms with Crippen LogP contribution in [0.15, 0.2) is 54.6 Å². The van der Waals surface area contributed by atoms with E-state index in [1.165, 1.54) is 17.7 Å². The Labute approximate surface area is 130 Å². The molecule has 0 unspecified atom stereocenters. The molecule has 3 rings (SSSR count). The standard InChI is InChI=1S/C19H20FNO/c20-17-10-8-16(9-11-17)19(12-13-19)18(22)21-14-4-7-15-5-2-1-3-6-15/h1-3,5-6,8-11H,4,7,12-14H2,(H,21,22). The van der Waals surface area contributed by atoms with Gasteiger partial charge in [0.1, 0.15) is 5.82 Å². The molecule has 1 aliphatic carbocycles. The van der Waals surface area contributed by atoms with E-state index < -0.39 is 5.41 Å². The Hall–Kier alpha value is -2.16. The highest BCUT2D eigenvalue weighted by Gasteiger charge is 2.50. The van der Waals surface area contributed by atoms with Crippen molar-refractivity contribution in [2.24, 2.45) is 0 Å². The molecule has 0 atom stereocenters. The van der Waals surface area contributed by atoms with Gasteiger partial charge >= 0.3 is 0 Å². The molecule has 2 aromatic rings. The molecule has 2 aromatic carbocycles. The Kier molecular flexibility index (Phi) is 4.23. The Morgan fingerprint density at radius 3 is 2.36 bits per heavy atom. The molecule has 22 heavy (non-hydrogen) atoms. The molecule has 0 bridgehead atoms. The molecule has 1 N–H and O–H groups in total. The summed E-state index contributed by atoms with van der Waals surface area (Å²) >= 11 is 0. The van der Waals surface area contributed by atoms with Crippen LogP contribution in [0.2, 0.25) is 0 Å². The molecule has 0 saturated heterocycles. The van der Waals surface area contributed by atoms with E-state index in [4.69, 9.17) is 0 Å². The molecular formula is C19H20FNO. The van der Waals surface area contributed by atoms with Gasteiger partial charge in [-0.05, 0) is 48.9 Å². The summed E-state index contributed by atoms with van der Waals surface area (Å²) in [4.78, 5) is 12.4. The number of carbonyl (C=O) groups excluding carboxylic acids is 1. The van der Waals surface area contributed by atoms with Crippen molar-refractivity contribution in [3.8, 4) is 0 Å². The Morgan fingerprint density at radius 2 is 1.73 bits per heavy atom. The lowest BCUT2D eigenvalue weighted by Gasteiger charge is -2.15. The number of hydrogen-bond donors (Lipinski definition) is 1. The van der Waals surface area contributed by atoms with Crippen LogP contribution in [0.1, 0.15) is 30.4 Å². The van der Waals surface area contributed by atoms with Crippen molar-refractivity contribution in [1.82, 2.24) is 5.32 Å². The third kappa shape index (κ3) is 3.19.